The molecule has 18 rings (SSSR count). The van der Waals surface area contributed by atoms with Crippen molar-refractivity contribution in [2.75, 3.05) is 7.11 Å². The van der Waals surface area contributed by atoms with Gasteiger partial charge >= 0.3 is 5.97 Å². The molecule has 0 radical (unpaired) electrons. The third-order valence-corrected chi connectivity index (χ3v) is 18.3. The van der Waals surface area contributed by atoms with Crippen LogP contribution in [0.1, 0.15) is 123 Å². The third-order valence-electron chi connectivity index (χ3n) is 18.3. The van der Waals surface area contributed by atoms with E-state index < -0.39 is 0 Å². The van der Waals surface area contributed by atoms with Crippen molar-refractivity contribution in [2.24, 2.45) is 5.92 Å². The Balaban J connectivity index is 1.12. The van der Waals surface area contributed by atoms with Gasteiger partial charge in [0.1, 0.15) is 0 Å². The zero-order valence-electron chi connectivity index (χ0n) is 29.5. The van der Waals surface area contributed by atoms with Crippen LogP contribution in [0.15, 0.2) is 59.7 Å². The van der Waals surface area contributed by atoms with Gasteiger partial charge in [0.05, 0.1) is 7.11 Å². The van der Waals surface area contributed by atoms with Crippen LogP contribution in [-0.2, 0) is 33.2 Å². The molecule has 2 heteroatoms. The number of rotatable bonds is 5. The molecule has 1 spiro atoms. The van der Waals surface area contributed by atoms with Gasteiger partial charge in [-0.2, -0.15) is 0 Å². The molecule has 0 saturated heterocycles. The number of hydrogen-bond donors (Lipinski definition) is 0. The highest BCUT2D eigenvalue weighted by molar-refractivity contribution is 6.46. The first-order valence-corrected chi connectivity index (χ1v) is 20.6. The molecule has 1 saturated carbocycles. The van der Waals surface area contributed by atoms with Crippen LogP contribution in [0.4, 0.5) is 0 Å². The number of benzene rings is 5. The van der Waals surface area contributed by atoms with Crippen LogP contribution in [0, 0.1) is 5.92 Å². The summed E-state index contributed by atoms with van der Waals surface area (Å²) >= 11 is 0. The summed E-state index contributed by atoms with van der Waals surface area (Å²) in [5.41, 5.74) is 25.7. The summed E-state index contributed by atoms with van der Waals surface area (Å²) in [7, 11) is 1.55. The molecule has 0 aromatic heterocycles. The average Bonchev–Trinajstić information content (AvgIpc) is 3.86. The number of ether oxygens (including phenoxy) is 1. The van der Waals surface area contributed by atoms with Crippen LogP contribution >= 0.6 is 0 Å². The Bertz CT molecular complexity index is 3430. The number of allylic oxidation sites excluding steroid dienone is 4. The van der Waals surface area contributed by atoms with E-state index in [0.717, 1.165) is 19.3 Å². The van der Waals surface area contributed by atoms with E-state index >= 15 is 0 Å². The molecule has 0 aliphatic heterocycles. The third kappa shape index (κ3) is 1.97. The molecular formula is C51H32O2. The molecule has 0 bridgehead atoms. The van der Waals surface area contributed by atoms with Crippen molar-refractivity contribution in [1.29, 1.82) is 0 Å². The lowest BCUT2D eigenvalue weighted by Gasteiger charge is -2.37. The Morgan fingerprint density at radius 1 is 0.774 bits per heavy atom. The highest BCUT2D eigenvalue weighted by Crippen LogP contribution is 2.87. The van der Waals surface area contributed by atoms with E-state index in [1.54, 1.807) is 133 Å². The van der Waals surface area contributed by atoms with Crippen LogP contribution in [-0.4, -0.2) is 13.1 Å². The van der Waals surface area contributed by atoms with Gasteiger partial charge in [-0.15, -0.1) is 0 Å². The van der Waals surface area contributed by atoms with Gasteiger partial charge in [0.15, 0.2) is 0 Å². The van der Waals surface area contributed by atoms with Gasteiger partial charge < -0.3 is 4.74 Å². The fourth-order valence-electron chi connectivity index (χ4n) is 17.6. The predicted molar refractivity (Wildman–Crippen MR) is 208 cm³/mol. The Hall–Kier alpha value is -4.95. The van der Waals surface area contributed by atoms with Gasteiger partial charge in [-0.25, -0.2) is 0 Å². The first kappa shape index (κ1) is 25.1. The van der Waals surface area contributed by atoms with Gasteiger partial charge in [0.25, 0.3) is 0 Å². The molecule has 11 aliphatic rings. The van der Waals surface area contributed by atoms with E-state index in [0.29, 0.717) is 36.0 Å². The van der Waals surface area contributed by atoms with E-state index in [1.165, 1.54) is 31.2 Å². The van der Waals surface area contributed by atoms with Crippen molar-refractivity contribution >= 4 is 71.0 Å². The summed E-state index contributed by atoms with van der Waals surface area (Å²) < 4.78 is 5.24. The van der Waals surface area contributed by atoms with Gasteiger partial charge in [-0.3, -0.25) is 4.79 Å². The van der Waals surface area contributed by atoms with E-state index in [2.05, 4.69) is 48.5 Å². The molecule has 53 heavy (non-hydrogen) atoms. The fraction of sp³-hybridized carbons (Fsp3) is 0.314. The second-order valence-corrected chi connectivity index (χ2v) is 19.4. The number of methoxy groups -OCH3 is 1. The second kappa shape index (κ2) is 6.92. The van der Waals surface area contributed by atoms with Crippen molar-refractivity contribution in [3.63, 3.8) is 0 Å². The molecule has 2 nitrogen and oxygen atoms in total. The molecule has 1 fully saturated rings. The van der Waals surface area contributed by atoms with Gasteiger partial charge in [-0.1, -0.05) is 54.1 Å². The van der Waals surface area contributed by atoms with Gasteiger partial charge in [0.2, 0.25) is 0 Å². The van der Waals surface area contributed by atoms with Crippen molar-refractivity contribution < 1.29 is 9.53 Å². The Morgan fingerprint density at radius 3 is 2.53 bits per heavy atom. The molecule has 7 unspecified atom stereocenters. The normalized spacial score (nSPS) is 32.5. The lowest BCUT2D eigenvalue weighted by atomic mass is 9.65. The largest absolute Gasteiger partial charge is 0.469 e. The molecule has 248 valence electrons. The zero-order chi connectivity index (χ0) is 33.5. The molecule has 7 aromatic carbocycles. The topological polar surface area (TPSA) is 26.3 Å². The zero-order valence-corrected chi connectivity index (χ0v) is 29.5. The van der Waals surface area contributed by atoms with Crippen molar-refractivity contribution in [2.45, 2.75) is 85.9 Å². The summed E-state index contributed by atoms with van der Waals surface area (Å²) in [5, 5.41) is 18.5. The van der Waals surface area contributed by atoms with Crippen molar-refractivity contribution in [3.8, 4) is 0 Å². The smallest absolute Gasteiger partial charge is 0.305 e. The number of carbonyl (C=O) groups excluding carboxylic acids is 1. The van der Waals surface area contributed by atoms with Crippen LogP contribution in [0.25, 0.3) is 65.0 Å². The number of fused-ring (bicyclic) bond motifs is 1. The lowest BCUT2D eigenvalue weighted by molar-refractivity contribution is -0.140. The Labute approximate surface area is 304 Å². The van der Waals surface area contributed by atoms with Crippen molar-refractivity contribution in [3.05, 3.63) is 126 Å². The molecule has 7 aromatic rings. The first-order valence-electron chi connectivity index (χ1n) is 20.6. The molecule has 0 amide bonds. The fourth-order valence-corrected chi connectivity index (χ4v) is 17.6. The molecule has 11 aliphatic carbocycles. The van der Waals surface area contributed by atoms with Crippen LogP contribution < -0.4 is 5.22 Å². The average molecular weight is 677 g/mol. The molecule has 0 N–H and O–H groups in total. The second-order valence-electron chi connectivity index (χ2n) is 19.4. The summed E-state index contributed by atoms with van der Waals surface area (Å²) in [4.78, 5) is 12.7. The lowest BCUT2D eigenvalue weighted by Crippen LogP contribution is -2.32. The highest BCUT2D eigenvalue weighted by Gasteiger charge is 2.81. The summed E-state index contributed by atoms with van der Waals surface area (Å²) in [6.07, 6.45) is 11.2. The van der Waals surface area contributed by atoms with Crippen molar-refractivity contribution in [1.82, 2.24) is 0 Å². The quantitative estimate of drug-likeness (QED) is 0.134. The minimum absolute atomic E-state index is 0.0388. The highest BCUT2D eigenvalue weighted by atomic mass is 16.5. The SMILES string of the molecule is COC(=O)CCCC1(c2ccccc2)C2c3cc4c5c6c(cc7c8c6c6c9c%10c%11c%12c%13c%14c%11c%11c(c%10c3c59)C21CC%11C=C%14CC1CC(=C(C=%131)C8C%126)C7)C4. The maximum absolute atomic E-state index is 12.7. The predicted octanol–water partition coefficient (Wildman–Crippen LogP) is 10.0. The number of hydrogen-bond acceptors (Lipinski definition) is 2. The molecular weight excluding hydrogens is 645 g/mol. The Kier molecular flexibility index (Phi) is 3.28. The van der Waals surface area contributed by atoms with Gasteiger partial charge in [0, 0.05) is 40.9 Å². The Morgan fingerprint density at radius 2 is 1.62 bits per heavy atom. The van der Waals surface area contributed by atoms with Gasteiger partial charge in [-0.05, 0) is 188 Å². The number of esters is 1. The summed E-state index contributed by atoms with van der Waals surface area (Å²) in [6.45, 7) is 0. The molecule has 0 heterocycles. The monoisotopic (exact) mass is 676 g/mol. The van der Waals surface area contributed by atoms with E-state index in [-0.39, 0.29) is 16.8 Å². The van der Waals surface area contributed by atoms with Crippen LogP contribution in [0.5, 0.6) is 0 Å². The summed E-state index contributed by atoms with van der Waals surface area (Å²) in [5.74, 6) is 2.53. The maximum Gasteiger partial charge on any atom is 0.305 e. The standard InChI is InChI=1S/C51H32O2/c1-53-27(52)8-5-9-50(25-6-3-2-4-7-25)49-26-16-23-14-20-12-21-11-18-10-19-13-22-15-24-17-51(49,50)48-34(24)39-33(22)38-29(19)28(18)36-32(21)37-30(20)31(23)40-35(26)47(48)46-44(39)42(38)41(36)43(37)45(40)46/h2-4,6-7,12,15-16,19,24,36,41,49H,5,8-11,13-14,17H2,1H3. The van der Waals surface area contributed by atoms with E-state index in [1.807, 2.05) is 11.1 Å². The number of carbonyl (C=O) groups is 1. The molecule has 7 atom stereocenters. The van der Waals surface area contributed by atoms with Crippen LogP contribution in [0.2, 0.25) is 0 Å². The van der Waals surface area contributed by atoms with Crippen LogP contribution in [0.3, 0.4) is 0 Å². The maximum atomic E-state index is 12.7. The minimum atomic E-state index is -0.0736. The van der Waals surface area contributed by atoms with E-state index in [4.69, 9.17) is 4.74 Å². The minimum Gasteiger partial charge on any atom is -0.469 e. The summed E-state index contributed by atoms with van der Waals surface area (Å²) in [6, 6.07) is 17.2. The van der Waals surface area contributed by atoms with E-state index in [9.17, 15) is 4.79 Å². The first-order chi connectivity index (χ1) is 26.2.